The number of amides is 2. The first kappa shape index (κ1) is 16.1. The summed E-state index contributed by atoms with van der Waals surface area (Å²) >= 11 is 0. The minimum absolute atomic E-state index is 0.0239. The predicted molar refractivity (Wildman–Crippen MR) is 88.1 cm³/mol. The normalized spacial score (nSPS) is 20.8. The molecule has 3 rings (SSSR count). The number of carbonyl (C=O) groups is 1. The molecule has 23 heavy (non-hydrogen) atoms. The molecule has 1 aliphatic heterocycles. The highest BCUT2D eigenvalue weighted by atomic mass is 16.5. The van der Waals surface area contributed by atoms with Gasteiger partial charge in [-0.05, 0) is 50.7 Å². The Labute approximate surface area is 137 Å². The van der Waals surface area contributed by atoms with Crippen molar-refractivity contribution >= 4 is 6.03 Å². The number of methoxy groups -OCH3 is 1. The second kappa shape index (κ2) is 7.68. The van der Waals surface area contributed by atoms with Crippen molar-refractivity contribution < 1.29 is 13.9 Å². The Bertz CT molecular complexity index is 564. The molecular weight excluding hydrogens is 292 g/mol. The van der Waals surface area contributed by atoms with Gasteiger partial charge in [-0.15, -0.1) is 0 Å². The summed E-state index contributed by atoms with van der Waals surface area (Å²) < 4.78 is 10.9. The second-order valence-electron chi connectivity index (χ2n) is 6.33. The number of hydrogen-bond acceptors (Lipinski definition) is 3. The van der Waals surface area contributed by atoms with E-state index in [-0.39, 0.29) is 12.1 Å². The lowest BCUT2D eigenvalue weighted by molar-refractivity contribution is 0.156. The standard InChI is InChI=1S/C18H26N2O3/c1-22-13-15-8-9-17(23-15)16-7-4-12-20(16)18(21)19-11-10-14-5-2-3-6-14/h5,8-9,16H,2-4,6-7,10-13H2,1H3,(H,19,21). The van der Waals surface area contributed by atoms with Crippen LogP contribution in [0.25, 0.3) is 0 Å². The number of rotatable bonds is 6. The molecule has 2 amide bonds. The van der Waals surface area contributed by atoms with Gasteiger partial charge < -0.3 is 19.4 Å². The molecule has 1 saturated heterocycles. The van der Waals surface area contributed by atoms with Crippen LogP contribution in [0.15, 0.2) is 28.2 Å². The minimum atomic E-state index is 0.0239. The number of nitrogens with zero attached hydrogens (tertiary/aromatic N) is 1. The molecule has 1 unspecified atom stereocenters. The highest BCUT2D eigenvalue weighted by molar-refractivity contribution is 5.75. The van der Waals surface area contributed by atoms with Crippen LogP contribution in [-0.4, -0.2) is 31.1 Å². The molecular formula is C18H26N2O3. The molecule has 1 N–H and O–H groups in total. The fourth-order valence-electron chi connectivity index (χ4n) is 3.49. The van der Waals surface area contributed by atoms with Gasteiger partial charge >= 0.3 is 6.03 Å². The molecule has 1 atom stereocenters. The maximum absolute atomic E-state index is 12.5. The Morgan fingerprint density at radius 1 is 1.43 bits per heavy atom. The lowest BCUT2D eigenvalue weighted by Gasteiger charge is -2.23. The van der Waals surface area contributed by atoms with Gasteiger partial charge in [0.2, 0.25) is 0 Å². The first-order valence-electron chi connectivity index (χ1n) is 8.58. The molecule has 5 heteroatoms. The Balaban J connectivity index is 1.53. The van der Waals surface area contributed by atoms with Crippen molar-refractivity contribution in [2.45, 2.75) is 51.2 Å². The summed E-state index contributed by atoms with van der Waals surface area (Å²) in [4.78, 5) is 14.4. The first-order valence-corrected chi connectivity index (χ1v) is 8.58. The van der Waals surface area contributed by atoms with Crippen LogP contribution in [0.1, 0.15) is 56.1 Å². The molecule has 0 aromatic carbocycles. The summed E-state index contributed by atoms with van der Waals surface area (Å²) in [6, 6.07) is 3.97. The summed E-state index contributed by atoms with van der Waals surface area (Å²) in [5, 5.41) is 3.06. The smallest absolute Gasteiger partial charge is 0.318 e. The molecule has 2 aliphatic rings. The fourth-order valence-corrected chi connectivity index (χ4v) is 3.49. The first-order chi connectivity index (χ1) is 11.3. The van der Waals surface area contributed by atoms with E-state index in [4.69, 9.17) is 9.15 Å². The van der Waals surface area contributed by atoms with E-state index in [9.17, 15) is 4.79 Å². The third kappa shape index (κ3) is 3.96. The zero-order valence-electron chi connectivity index (χ0n) is 13.8. The largest absolute Gasteiger partial charge is 0.461 e. The Morgan fingerprint density at radius 2 is 2.35 bits per heavy atom. The van der Waals surface area contributed by atoms with Crippen LogP contribution in [-0.2, 0) is 11.3 Å². The third-order valence-corrected chi connectivity index (χ3v) is 4.67. The fraction of sp³-hybridized carbons (Fsp3) is 0.611. The van der Waals surface area contributed by atoms with Crippen LogP contribution in [0.3, 0.4) is 0 Å². The van der Waals surface area contributed by atoms with E-state index >= 15 is 0 Å². The van der Waals surface area contributed by atoms with Crippen molar-refractivity contribution in [3.63, 3.8) is 0 Å². The molecule has 126 valence electrons. The van der Waals surface area contributed by atoms with Crippen LogP contribution in [0.5, 0.6) is 0 Å². The molecule has 0 bridgehead atoms. The molecule has 0 saturated carbocycles. The average Bonchev–Trinajstić information content (AvgIpc) is 3.28. The zero-order valence-corrected chi connectivity index (χ0v) is 13.8. The molecule has 2 heterocycles. The van der Waals surface area contributed by atoms with Crippen molar-refractivity contribution in [2.24, 2.45) is 0 Å². The minimum Gasteiger partial charge on any atom is -0.461 e. The summed E-state index contributed by atoms with van der Waals surface area (Å²) in [6.45, 7) is 1.98. The van der Waals surface area contributed by atoms with Gasteiger partial charge in [-0.2, -0.15) is 0 Å². The molecule has 1 aromatic rings. The number of likely N-dealkylation sites (tertiary alicyclic amines) is 1. The van der Waals surface area contributed by atoms with Gasteiger partial charge in [-0.25, -0.2) is 4.79 Å². The highest BCUT2D eigenvalue weighted by Crippen LogP contribution is 2.33. The van der Waals surface area contributed by atoms with Crippen molar-refractivity contribution in [3.05, 3.63) is 35.3 Å². The molecule has 1 fully saturated rings. The van der Waals surface area contributed by atoms with Gasteiger partial charge in [0.05, 0.1) is 6.04 Å². The molecule has 1 aromatic heterocycles. The van der Waals surface area contributed by atoms with Crippen molar-refractivity contribution in [1.82, 2.24) is 10.2 Å². The van der Waals surface area contributed by atoms with Gasteiger partial charge in [0, 0.05) is 20.2 Å². The van der Waals surface area contributed by atoms with E-state index in [1.54, 1.807) is 7.11 Å². The van der Waals surface area contributed by atoms with Crippen LogP contribution < -0.4 is 5.32 Å². The Hall–Kier alpha value is -1.75. The molecule has 0 spiro atoms. The van der Waals surface area contributed by atoms with E-state index in [0.717, 1.165) is 43.9 Å². The number of hydrogen-bond donors (Lipinski definition) is 1. The van der Waals surface area contributed by atoms with Crippen LogP contribution >= 0.6 is 0 Å². The lowest BCUT2D eigenvalue weighted by Crippen LogP contribution is -2.39. The number of nitrogens with one attached hydrogen (secondary N) is 1. The predicted octanol–water partition coefficient (Wildman–Crippen LogP) is 3.77. The van der Waals surface area contributed by atoms with Crippen LogP contribution in [0.4, 0.5) is 4.79 Å². The van der Waals surface area contributed by atoms with E-state index < -0.39 is 0 Å². The SMILES string of the molecule is COCc1ccc(C2CCCN2C(=O)NCCC2=CCCC2)o1. The van der Waals surface area contributed by atoms with Crippen molar-refractivity contribution in [1.29, 1.82) is 0 Å². The number of carbonyl (C=O) groups excluding carboxylic acids is 1. The van der Waals surface area contributed by atoms with E-state index in [2.05, 4.69) is 11.4 Å². The monoisotopic (exact) mass is 318 g/mol. The maximum Gasteiger partial charge on any atom is 0.318 e. The topological polar surface area (TPSA) is 54.7 Å². The van der Waals surface area contributed by atoms with Gasteiger partial charge in [-0.1, -0.05) is 11.6 Å². The average molecular weight is 318 g/mol. The summed E-state index contributed by atoms with van der Waals surface area (Å²) in [5.74, 6) is 1.67. The lowest BCUT2D eigenvalue weighted by atomic mass is 10.1. The number of ether oxygens (including phenoxy) is 1. The summed E-state index contributed by atoms with van der Waals surface area (Å²) in [7, 11) is 1.65. The second-order valence-corrected chi connectivity index (χ2v) is 6.33. The van der Waals surface area contributed by atoms with Gasteiger partial charge in [0.25, 0.3) is 0 Å². The van der Waals surface area contributed by atoms with Gasteiger partial charge in [0.15, 0.2) is 0 Å². The summed E-state index contributed by atoms with van der Waals surface area (Å²) in [5.41, 5.74) is 1.48. The number of furan rings is 1. The number of urea groups is 1. The maximum atomic E-state index is 12.5. The molecule has 5 nitrogen and oxygen atoms in total. The van der Waals surface area contributed by atoms with Crippen molar-refractivity contribution in [3.8, 4) is 0 Å². The third-order valence-electron chi connectivity index (χ3n) is 4.67. The Morgan fingerprint density at radius 3 is 3.13 bits per heavy atom. The quantitative estimate of drug-likeness (QED) is 0.812. The van der Waals surface area contributed by atoms with Gasteiger partial charge in [0.1, 0.15) is 18.1 Å². The molecule has 1 aliphatic carbocycles. The summed E-state index contributed by atoms with van der Waals surface area (Å²) in [6.07, 6.45) is 8.91. The van der Waals surface area contributed by atoms with E-state index in [0.29, 0.717) is 6.61 Å². The molecule has 0 radical (unpaired) electrons. The van der Waals surface area contributed by atoms with E-state index in [1.165, 1.54) is 24.8 Å². The zero-order chi connectivity index (χ0) is 16.1. The Kier molecular flexibility index (Phi) is 5.39. The van der Waals surface area contributed by atoms with Crippen LogP contribution in [0, 0.1) is 0 Å². The van der Waals surface area contributed by atoms with Crippen molar-refractivity contribution in [2.75, 3.05) is 20.2 Å². The number of allylic oxidation sites excluding steroid dienone is 1. The highest BCUT2D eigenvalue weighted by Gasteiger charge is 2.32. The van der Waals surface area contributed by atoms with Gasteiger partial charge in [-0.3, -0.25) is 0 Å². The van der Waals surface area contributed by atoms with E-state index in [1.807, 2.05) is 17.0 Å². The van der Waals surface area contributed by atoms with Crippen LogP contribution in [0.2, 0.25) is 0 Å².